The Morgan fingerprint density at radius 2 is 1.80 bits per heavy atom. The molecule has 3 aromatic heterocycles. The van der Waals surface area contributed by atoms with E-state index in [2.05, 4.69) is 10.1 Å². The first kappa shape index (κ1) is 29.3. The summed E-state index contributed by atoms with van der Waals surface area (Å²) in [5.74, 6) is 0.329. The topological polar surface area (TPSA) is 98.1 Å². The second kappa shape index (κ2) is 11.8. The molecule has 3 heterocycles. The first-order chi connectivity index (χ1) is 18.9. The highest BCUT2D eigenvalue weighted by atomic mass is 19.4. The van der Waals surface area contributed by atoms with E-state index in [1.807, 2.05) is 20.8 Å². The Labute approximate surface area is 228 Å². The van der Waals surface area contributed by atoms with Gasteiger partial charge in [0.25, 0.3) is 5.56 Å². The maximum absolute atomic E-state index is 13.5. The summed E-state index contributed by atoms with van der Waals surface area (Å²) < 4.78 is 56.8. The summed E-state index contributed by atoms with van der Waals surface area (Å²) >= 11 is 0. The number of hydrogen-bond acceptors (Lipinski definition) is 6. The Bertz CT molecular complexity index is 1600. The first-order valence-corrected chi connectivity index (χ1v) is 13.1. The van der Waals surface area contributed by atoms with Gasteiger partial charge in [0.2, 0.25) is 0 Å². The number of hydrogen-bond donors (Lipinski definition) is 0. The van der Waals surface area contributed by atoms with Crippen molar-refractivity contribution in [1.82, 2.24) is 28.5 Å². The van der Waals surface area contributed by atoms with Gasteiger partial charge in [0.05, 0.1) is 30.0 Å². The van der Waals surface area contributed by atoms with Gasteiger partial charge < -0.3 is 9.47 Å². The van der Waals surface area contributed by atoms with Crippen LogP contribution < -0.4 is 11.2 Å². The fourth-order valence-electron chi connectivity index (χ4n) is 4.54. The van der Waals surface area contributed by atoms with Gasteiger partial charge in [0, 0.05) is 19.3 Å². The summed E-state index contributed by atoms with van der Waals surface area (Å²) in [5, 5.41) is 4.32. The molecule has 1 aromatic carbocycles. The third kappa shape index (κ3) is 6.04. The maximum atomic E-state index is 13.5. The van der Waals surface area contributed by atoms with Crippen LogP contribution in [0.15, 0.2) is 46.2 Å². The summed E-state index contributed by atoms with van der Waals surface area (Å²) in [6, 6.07) is 5.04. The SMILES string of the molecule is CCCn1c(=O)c2c(nc(-c3cnn(Cc4cccc(C(F)(F)F)c4)c3)n2COC(C)OC(C)C)n(CC)c1=O. The summed E-state index contributed by atoms with van der Waals surface area (Å²) in [6.07, 6.45) is -1.40. The number of rotatable bonds is 11. The lowest BCUT2D eigenvalue weighted by molar-refractivity contribution is -0.169. The van der Waals surface area contributed by atoms with E-state index in [9.17, 15) is 22.8 Å². The molecule has 0 saturated carbocycles. The quantitative estimate of drug-likeness (QED) is 0.250. The van der Waals surface area contributed by atoms with E-state index in [1.54, 1.807) is 30.7 Å². The lowest BCUT2D eigenvalue weighted by Crippen LogP contribution is -2.40. The molecule has 10 nitrogen and oxygen atoms in total. The summed E-state index contributed by atoms with van der Waals surface area (Å²) in [7, 11) is 0. The number of ether oxygens (including phenoxy) is 2. The molecule has 0 saturated heterocycles. The number of aromatic nitrogens is 6. The fourth-order valence-corrected chi connectivity index (χ4v) is 4.54. The molecule has 0 aliphatic carbocycles. The van der Waals surface area contributed by atoms with Crippen LogP contribution in [0.4, 0.5) is 13.2 Å². The minimum atomic E-state index is -4.45. The summed E-state index contributed by atoms with van der Waals surface area (Å²) in [5.41, 5.74) is -0.337. The van der Waals surface area contributed by atoms with Crippen molar-refractivity contribution in [2.75, 3.05) is 0 Å². The van der Waals surface area contributed by atoms with E-state index < -0.39 is 29.3 Å². The molecule has 0 bridgehead atoms. The molecule has 216 valence electrons. The van der Waals surface area contributed by atoms with Gasteiger partial charge in [-0.2, -0.15) is 18.3 Å². The lowest BCUT2D eigenvalue weighted by Gasteiger charge is -2.18. The van der Waals surface area contributed by atoms with Gasteiger partial charge in [-0.25, -0.2) is 9.78 Å². The highest BCUT2D eigenvalue weighted by Crippen LogP contribution is 2.30. The molecule has 13 heteroatoms. The lowest BCUT2D eigenvalue weighted by atomic mass is 10.1. The second-order valence-electron chi connectivity index (χ2n) is 9.69. The number of imidazole rings is 1. The number of fused-ring (bicyclic) bond motifs is 1. The predicted molar refractivity (Wildman–Crippen MR) is 143 cm³/mol. The largest absolute Gasteiger partial charge is 0.416 e. The van der Waals surface area contributed by atoms with Crippen LogP contribution in [-0.2, 0) is 42.0 Å². The average molecular weight is 563 g/mol. The third-order valence-corrected chi connectivity index (χ3v) is 6.27. The van der Waals surface area contributed by atoms with Crippen LogP contribution in [0.2, 0.25) is 0 Å². The van der Waals surface area contributed by atoms with Crippen molar-refractivity contribution in [3.63, 3.8) is 0 Å². The molecule has 0 N–H and O–H groups in total. The standard InChI is InChI=1S/C27H33F3N6O4/c1-6-11-35-25(37)22-24(34(7-2)26(35)38)32-23(36(22)16-39-18(5)40-17(3)4)20-13-31-33(15-20)14-19-9-8-10-21(12-19)27(28,29)30/h8-10,12-13,15,17-18H,6-7,11,14,16H2,1-5H3. The van der Waals surface area contributed by atoms with Crippen molar-refractivity contribution in [2.24, 2.45) is 0 Å². The van der Waals surface area contributed by atoms with Crippen molar-refractivity contribution in [1.29, 1.82) is 0 Å². The van der Waals surface area contributed by atoms with E-state index in [0.29, 0.717) is 23.4 Å². The molecule has 1 unspecified atom stereocenters. The zero-order valence-corrected chi connectivity index (χ0v) is 23.1. The summed E-state index contributed by atoms with van der Waals surface area (Å²) in [4.78, 5) is 31.3. The van der Waals surface area contributed by atoms with Crippen LogP contribution in [0.3, 0.4) is 0 Å². The number of aryl methyl sites for hydroxylation is 1. The minimum Gasteiger partial charge on any atom is -0.350 e. The molecule has 0 radical (unpaired) electrons. The Morgan fingerprint density at radius 1 is 1.05 bits per heavy atom. The smallest absolute Gasteiger partial charge is 0.350 e. The van der Waals surface area contributed by atoms with Gasteiger partial charge >= 0.3 is 11.9 Å². The number of nitrogens with zero attached hydrogens (tertiary/aromatic N) is 6. The van der Waals surface area contributed by atoms with E-state index in [1.165, 1.54) is 26.1 Å². The predicted octanol–water partition coefficient (Wildman–Crippen LogP) is 4.47. The van der Waals surface area contributed by atoms with Crippen LogP contribution in [0.1, 0.15) is 52.2 Å². The van der Waals surface area contributed by atoms with Crippen molar-refractivity contribution < 1.29 is 22.6 Å². The number of alkyl halides is 3. The molecule has 0 aliphatic heterocycles. The van der Waals surface area contributed by atoms with E-state index in [-0.39, 0.29) is 43.6 Å². The Balaban J connectivity index is 1.81. The number of halogens is 3. The zero-order chi connectivity index (χ0) is 29.2. The van der Waals surface area contributed by atoms with Crippen LogP contribution in [0.5, 0.6) is 0 Å². The van der Waals surface area contributed by atoms with Crippen LogP contribution in [-0.4, -0.2) is 40.9 Å². The van der Waals surface area contributed by atoms with Gasteiger partial charge in [-0.3, -0.25) is 23.2 Å². The van der Waals surface area contributed by atoms with Crippen molar-refractivity contribution in [2.45, 2.75) is 86.0 Å². The Morgan fingerprint density at radius 3 is 2.45 bits per heavy atom. The van der Waals surface area contributed by atoms with E-state index >= 15 is 0 Å². The minimum absolute atomic E-state index is 0.0862. The van der Waals surface area contributed by atoms with Gasteiger partial charge in [-0.1, -0.05) is 19.1 Å². The van der Waals surface area contributed by atoms with Gasteiger partial charge in [0.15, 0.2) is 17.5 Å². The van der Waals surface area contributed by atoms with E-state index in [4.69, 9.17) is 9.47 Å². The molecule has 0 fully saturated rings. The maximum Gasteiger partial charge on any atom is 0.416 e. The second-order valence-corrected chi connectivity index (χ2v) is 9.69. The van der Waals surface area contributed by atoms with E-state index in [0.717, 1.165) is 12.1 Å². The normalized spacial score (nSPS) is 13.0. The highest BCUT2D eigenvalue weighted by Gasteiger charge is 2.30. The zero-order valence-electron chi connectivity index (χ0n) is 23.1. The third-order valence-electron chi connectivity index (χ3n) is 6.27. The van der Waals surface area contributed by atoms with Gasteiger partial charge in [-0.15, -0.1) is 0 Å². The molecule has 4 aromatic rings. The Kier molecular flexibility index (Phi) is 8.64. The molecule has 0 amide bonds. The van der Waals surface area contributed by atoms with Crippen LogP contribution in [0, 0.1) is 0 Å². The molecule has 1 atom stereocenters. The molecule has 4 rings (SSSR count). The first-order valence-electron chi connectivity index (χ1n) is 13.1. The number of benzene rings is 1. The monoisotopic (exact) mass is 562 g/mol. The van der Waals surface area contributed by atoms with Crippen molar-refractivity contribution in [3.05, 3.63) is 68.6 Å². The van der Waals surface area contributed by atoms with Crippen LogP contribution >= 0.6 is 0 Å². The molecule has 40 heavy (non-hydrogen) atoms. The van der Waals surface area contributed by atoms with Crippen LogP contribution in [0.25, 0.3) is 22.6 Å². The van der Waals surface area contributed by atoms with Gasteiger partial charge in [0.1, 0.15) is 12.6 Å². The van der Waals surface area contributed by atoms with Crippen molar-refractivity contribution in [3.8, 4) is 11.4 Å². The average Bonchev–Trinajstić information content (AvgIpc) is 3.49. The molecular formula is C27H33F3N6O4. The molecular weight excluding hydrogens is 529 g/mol. The van der Waals surface area contributed by atoms with Gasteiger partial charge in [-0.05, 0) is 51.8 Å². The molecule has 0 aliphatic rings. The fraction of sp³-hybridized carbons (Fsp3) is 0.481. The van der Waals surface area contributed by atoms with Crippen molar-refractivity contribution >= 4 is 11.2 Å². The highest BCUT2D eigenvalue weighted by molar-refractivity contribution is 5.76. The molecule has 0 spiro atoms. The Hall–Kier alpha value is -3.71. The summed E-state index contributed by atoms with van der Waals surface area (Å²) in [6.45, 7) is 9.69.